The minimum absolute atomic E-state index is 0.392. The van der Waals surface area contributed by atoms with Gasteiger partial charge >= 0.3 is 5.97 Å². The lowest BCUT2D eigenvalue weighted by Crippen LogP contribution is -2.38. The molecule has 0 radical (unpaired) electrons. The molecular weight excluding hydrogens is 459 g/mol. The van der Waals surface area contributed by atoms with E-state index in [0.717, 1.165) is 40.2 Å². The van der Waals surface area contributed by atoms with Crippen molar-refractivity contribution in [1.82, 2.24) is 5.32 Å². The van der Waals surface area contributed by atoms with Gasteiger partial charge in [-0.05, 0) is 80.3 Å². The Hall–Kier alpha value is -3.02. The lowest BCUT2D eigenvalue weighted by molar-refractivity contribution is -0.138. The predicted octanol–water partition coefficient (Wildman–Crippen LogP) is 6.64. The molecule has 2 N–H and O–H groups in total. The van der Waals surface area contributed by atoms with Crippen LogP contribution < -0.4 is 10.2 Å². The Balaban J connectivity index is 1.96. The monoisotopic (exact) mass is 484 g/mol. The van der Waals surface area contributed by atoms with E-state index in [-0.39, 0.29) is 0 Å². The van der Waals surface area contributed by atoms with E-state index in [4.69, 9.17) is 28.3 Å². The number of nitrogens with one attached hydrogen (secondary N) is 1. The highest BCUT2D eigenvalue weighted by atomic mass is 35.5. The van der Waals surface area contributed by atoms with Gasteiger partial charge in [0, 0.05) is 23.5 Å². The average molecular weight is 485 g/mol. The van der Waals surface area contributed by atoms with E-state index >= 15 is 0 Å². The van der Waals surface area contributed by atoms with E-state index in [1.165, 1.54) is 6.92 Å². The van der Waals surface area contributed by atoms with Gasteiger partial charge < -0.3 is 15.3 Å². The second-order valence-corrected chi connectivity index (χ2v) is 8.73. The lowest BCUT2D eigenvalue weighted by atomic mass is 9.94. The number of carbonyl (C=O) groups excluding carboxylic acids is 1. The Morgan fingerprint density at radius 3 is 2.15 bits per heavy atom. The fourth-order valence-electron chi connectivity index (χ4n) is 3.84. The molecule has 0 saturated carbocycles. The first-order valence-corrected chi connectivity index (χ1v) is 11.4. The van der Waals surface area contributed by atoms with Crippen LogP contribution in [0.25, 0.3) is 11.1 Å². The summed E-state index contributed by atoms with van der Waals surface area (Å²) in [6.45, 7) is 7.96. The van der Waals surface area contributed by atoms with Gasteiger partial charge in [-0.1, -0.05) is 47.5 Å². The Kier molecular flexibility index (Phi) is 7.67. The van der Waals surface area contributed by atoms with E-state index in [0.29, 0.717) is 15.6 Å². The number of nitrogens with zero attached hydrogens (tertiary/aromatic N) is 1. The third kappa shape index (κ3) is 5.49. The highest BCUT2D eigenvalue weighted by Gasteiger charge is 2.19. The molecule has 7 heteroatoms. The zero-order chi connectivity index (χ0) is 24.3. The molecule has 0 aliphatic heterocycles. The van der Waals surface area contributed by atoms with Crippen LogP contribution in [0.3, 0.4) is 0 Å². The number of hydrogen-bond acceptors (Lipinski definition) is 3. The van der Waals surface area contributed by atoms with Gasteiger partial charge in [-0.15, -0.1) is 0 Å². The van der Waals surface area contributed by atoms with Gasteiger partial charge in [0.25, 0.3) is 5.91 Å². The summed E-state index contributed by atoms with van der Waals surface area (Å²) in [6, 6.07) is 16.6. The zero-order valence-corrected chi connectivity index (χ0v) is 20.5. The van der Waals surface area contributed by atoms with Crippen LogP contribution in [0.5, 0.6) is 0 Å². The molecule has 0 saturated heterocycles. The fraction of sp³-hybridized carbons (Fsp3) is 0.231. The second kappa shape index (κ2) is 10.3. The molecule has 1 atom stereocenters. The number of carbonyl (C=O) groups is 2. The molecule has 3 aromatic carbocycles. The molecule has 0 bridgehead atoms. The van der Waals surface area contributed by atoms with E-state index in [1.54, 1.807) is 6.07 Å². The number of amides is 1. The van der Waals surface area contributed by atoms with Crippen LogP contribution in [-0.2, 0) is 4.79 Å². The van der Waals surface area contributed by atoms with Gasteiger partial charge in [0.15, 0.2) is 0 Å². The second-order valence-electron chi connectivity index (χ2n) is 7.91. The maximum atomic E-state index is 12.6. The SMILES string of the molecule is CCN(c1cccc(-c2cc(C)c(C(=O)NC(C)C(=O)O)c(C)c2)c1)c1ccc(Cl)c(Cl)c1. The summed E-state index contributed by atoms with van der Waals surface area (Å²) in [5.74, 6) is -1.47. The van der Waals surface area contributed by atoms with Crippen molar-refractivity contribution < 1.29 is 14.7 Å². The van der Waals surface area contributed by atoms with Crippen molar-refractivity contribution in [3.8, 4) is 11.1 Å². The number of carboxylic acid groups (broad SMARTS) is 1. The molecule has 1 unspecified atom stereocenters. The molecule has 3 rings (SSSR count). The van der Waals surface area contributed by atoms with E-state index in [1.807, 2.05) is 56.3 Å². The van der Waals surface area contributed by atoms with Crippen LogP contribution in [-0.4, -0.2) is 29.6 Å². The summed E-state index contributed by atoms with van der Waals surface area (Å²) >= 11 is 12.3. The Morgan fingerprint density at radius 2 is 1.58 bits per heavy atom. The van der Waals surface area contributed by atoms with E-state index in [2.05, 4.69) is 23.2 Å². The molecule has 0 heterocycles. The van der Waals surface area contributed by atoms with Gasteiger partial charge in [-0.25, -0.2) is 0 Å². The molecule has 0 aromatic heterocycles. The minimum Gasteiger partial charge on any atom is -0.480 e. The van der Waals surface area contributed by atoms with Gasteiger partial charge in [-0.3, -0.25) is 9.59 Å². The Labute approximate surface area is 203 Å². The van der Waals surface area contributed by atoms with Crippen molar-refractivity contribution in [1.29, 1.82) is 0 Å². The number of anilines is 2. The van der Waals surface area contributed by atoms with Crippen molar-refractivity contribution in [2.24, 2.45) is 0 Å². The molecule has 0 aliphatic carbocycles. The first-order chi connectivity index (χ1) is 15.6. The maximum absolute atomic E-state index is 12.6. The van der Waals surface area contributed by atoms with Crippen molar-refractivity contribution in [3.05, 3.63) is 81.3 Å². The zero-order valence-electron chi connectivity index (χ0n) is 18.9. The lowest BCUT2D eigenvalue weighted by Gasteiger charge is -2.24. The van der Waals surface area contributed by atoms with Crippen LogP contribution in [0.15, 0.2) is 54.6 Å². The molecule has 0 aliphatic rings. The number of rotatable bonds is 7. The van der Waals surface area contributed by atoms with Gasteiger partial charge in [0.1, 0.15) is 6.04 Å². The quantitative estimate of drug-likeness (QED) is 0.394. The maximum Gasteiger partial charge on any atom is 0.325 e. The van der Waals surface area contributed by atoms with E-state index in [9.17, 15) is 9.59 Å². The topological polar surface area (TPSA) is 69.6 Å². The normalized spacial score (nSPS) is 11.7. The first-order valence-electron chi connectivity index (χ1n) is 10.6. The number of aliphatic carboxylic acids is 1. The van der Waals surface area contributed by atoms with Crippen LogP contribution in [0, 0.1) is 13.8 Å². The van der Waals surface area contributed by atoms with Crippen molar-refractivity contribution >= 4 is 46.5 Å². The molecular formula is C26H26Cl2N2O3. The molecule has 5 nitrogen and oxygen atoms in total. The van der Waals surface area contributed by atoms with Crippen molar-refractivity contribution in [3.63, 3.8) is 0 Å². The first kappa shape index (κ1) is 24.6. The fourth-order valence-corrected chi connectivity index (χ4v) is 4.13. The minimum atomic E-state index is -1.07. The van der Waals surface area contributed by atoms with Crippen LogP contribution >= 0.6 is 23.2 Å². The molecule has 3 aromatic rings. The molecule has 0 spiro atoms. The third-order valence-corrected chi connectivity index (χ3v) is 6.24. The molecule has 33 heavy (non-hydrogen) atoms. The summed E-state index contributed by atoms with van der Waals surface area (Å²) in [7, 11) is 0. The number of aryl methyl sites for hydroxylation is 2. The van der Waals surface area contributed by atoms with Crippen molar-refractivity contribution in [2.45, 2.75) is 33.7 Å². The molecule has 172 valence electrons. The largest absolute Gasteiger partial charge is 0.480 e. The third-order valence-electron chi connectivity index (χ3n) is 5.50. The van der Waals surface area contributed by atoms with E-state index < -0.39 is 17.9 Å². The molecule has 0 fully saturated rings. The van der Waals surface area contributed by atoms with Crippen LogP contribution in [0.1, 0.15) is 35.3 Å². The smallest absolute Gasteiger partial charge is 0.325 e. The highest BCUT2D eigenvalue weighted by molar-refractivity contribution is 6.42. The summed E-state index contributed by atoms with van der Waals surface area (Å²) in [4.78, 5) is 25.9. The van der Waals surface area contributed by atoms with Crippen LogP contribution in [0.2, 0.25) is 10.0 Å². The number of hydrogen-bond donors (Lipinski definition) is 2. The van der Waals surface area contributed by atoms with Gasteiger partial charge in [0.05, 0.1) is 10.0 Å². The summed E-state index contributed by atoms with van der Waals surface area (Å²) < 4.78 is 0. The molecule has 1 amide bonds. The standard InChI is InChI=1S/C26H26Cl2N2O3/c1-5-30(21-9-10-22(27)23(28)14-21)20-8-6-7-18(13-20)19-11-15(2)24(16(3)12-19)25(31)29-17(4)26(32)33/h6-14,17H,5H2,1-4H3,(H,29,31)(H,32,33). The average Bonchev–Trinajstić information content (AvgIpc) is 2.76. The number of halogens is 2. The van der Waals surface area contributed by atoms with Crippen LogP contribution in [0.4, 0.5) is 11.4 Å². The summed E-state index contributed by atoms with van der Waals surface area (Å²) in [5, 5.41) is 12.6. The predicted molar refractivity (Wildman–Crippen MR) is 135 cm³/mol. The summed E-state index contributed by atoms with van der Waals surface area (Å²) in [6.07, 6.45) is 0. The number of benzene rings is 3. The summed E-state index contributed by atoms with van der Waals surface area (Å²) in [5.41, 5.74) is 5.97. The van der Waals surface area contributed by atoms with Gasteiger partial charge in [0.2, 0.25) is 0 Å². The Morgan fingerprint density at radius 1 is 0.939 bits per heavy atom. The van der Waals surface area contributed by atoms with Gasteiger partial charge in [-0.2, -0.15) is 0 Å². The number of carboxylic acids is 1. The van der Waals surface area contributed by atoms with Crippen molar-refractivity contribution in [2.75, 3.05) is 11.4 Å². The Bertz CT molecular complexity index is 1190. The highest BCUT2D eigenvalue weighted by Crippen LogP contribution is 2.34.